The molecule has 2 rings (SSSR count). The number of benzene rings is 1. The molecule has 0 fully saturated rings. The number of carbonyl (C=O) groups is 1. The van der Waals surface area contributed by atoms with Gasteiger partial charge < -0.3 is 5.32 Å². The van der Waals surface area contributed by atoms with E-state index in [4.69, 9.17) is 0 Å². The molecule has 0 saturated heterocycles. The Bertz CT molecular complexity index is 580. The summed E-state index contributed by atoms with van der Waals surface area (Å²) >= 11 is 2.94. The minimum absolute atomic E-state index is 0.0212. The van der Waals surface area contributed by atoms with Gasteiger partial charge in [0.1, 0.15) is 5.01 Å². The van der Waals surface area contributed by atoms with Gasteiger partial charge in [0, 0.05) is 5.69 Å². The third-order valence-corrected chi connectivity index (χ3v) is 4.81. The van der Waals surface area contributed by atoms with E-state index in [1.165, 1.54) is 28.7 Å². The lowest BCUT2D eigenvalue weighted by Gasteiger charge is -2.10. The maximum Gasteiger partial charge on any atom is 0.237 e. The molecule has 1 heterocycles. The molecule has 0 spiro atoms. The van der Waals surface area contributed by atoms with E-state index in [0.29, 0.717) is 0 Å². The summed E-state index contributed by atoms with van der Waals surface area (Å²) in [5, 5.41) is 11.6. The van der Waals surface area contributed by atoms with Crippen LogP contribution in [0.15, 0.2) is 28.6 Å². The summed E-state index contributed by atoms with van der Waals surface area (Å²) in [6, 6.07) is 7.93. The van der Waals surface area contributed by atoms with Crippen LogP contribution in [-0.4, -0.2) is 21.4 Å². The van der Waals surface area contributed by atoms with Crippen molar-refractivity contribution in [1.29, 1.82) is 0 Å². The van der Waals surface area contributed by atoms with Gasteiger partial charge in [-0.05, 0) is 38.0 Å². The van der Waals surface area contributed by atoms with Gasteiger partial charge in [-0.15, -0.1) is 10.2 Å². The highest BCUT2D eigenvalue weighted by Crippen LogP contribution is 2.26. The zero-order valence-electron chi connectivity index (χ0n) is 11.7. The minimum Gasteiger partial charge on any atom is -0.325 e. The number of amides is 1. The molecular formula is C14H17N3OS2. The van der Waals surface area contributed by atoms with Crippen molar-refractivity contribution in [1.82, 2.24) is 10.2 Å². The minimum atomic E-state index is -0.201. The van der Waals surface area contributed by atoms with Crippen molar-refractivity contribution in [2.75, 3.05) is 5.32 Å². The van der Waals surface area contributed by atoms with Crippen LogP contribution >= 0.6 is 23.1 Å². The lowest BCUT2D eigenvalue weighted by atomic mass is 10.1. The third-order valence-electron chi connectivity index (χ3n) is 2.78. The molecule has 0 saturated carbocycles. The number of aryl methyl sites for hydroxylation is 2. The van der Waals surface area contributed by atoms with E-state index in [0.717, 1.165) is 21.5 Å². The Balaban J connectivity index is 1.93. The Hall–Kier alpha value is -1.40. The second kappa shape index (κ2) is 6.85. The van der Waals surface area contributed by atoms with E-state index in [-0.39, 0.29) is 11.2 Å². The zero-order chi connectivity index (χ0) is 14.5. The van der Waals surface area contributed by atoms with E-state index in [1.807, 2.05) is 38.1 Å². The lowest BCUT2D eigenvalue weighted by Crippen LogP contribution is -2.22. The quantitative estimate of drug-likeness (QED) is 0.859. The number of rotatable bonds is 5. The van der Waals surface area contributed by atoms with Crippen molar-refractivity contribution >= 4 is 34.7 Å². The normalized spacial score (nSPS) is 12.2. The Morgan fingerprint density at radius 3 is 2.60 bits per heavy atom. The molecule has 1 aromatic heterocycles. The van der Waals surface area contributed by atoms with E-state index < -0.39 is 0 Å². The van der Waals surface area contributed by atoms with Crippen LogP contribution in [0.5, 0.6) is 0 Å². The maximum atomic E-state index is 12.1. The Labute approximate surface area is 127 Å². The van der Waals surface area contributed by atoms with Crippen LogP contribution in [0.1, 0.15) is 24.4 Å². The summed E-state index contributed by atoms with van der Waals surface area (Å²) in [4.78, 5) is 12.1. The summed E-state index contributed by atoms with van der Waals surface area (Å²) in [6.45, 7) is 5.88. The van der Waals surface area contributed by atoms with E-state index in [2.05, 4.69) is 22.4 Å². The van der Waals surface area contributed by atoms with Gasteiger partial charge >= 0.3 is 0 Å². The van der Waals surface area contributed by atoms with Crippen molar-refractivity contribution in [3.8, 4) is 0 Å². The van der Waals surface area contributed by atoms with Crippen LogP contribution in [0, 0.1) is 6.92 Å². The predicted molar refractivity (Wildman–Crippen MR) is 84.4 cm³/mol. The second-order valence-electron chi connectivity index (χ2n) is 4.39. The Morgan fingerprint density at radius 2 is 2.05 bits per heavy atom. The van der Waals surface area contributed by atoms with Gasteiger partial charge in [-0.1, -0.05) is 42.2 Å². The van der Waals surface area contributed by atoms with Crippen LogP contribution in [0.3, 0.4) is 0 Å². The molecule has 1 unspecified atom stereocenters. The third kappa shape index (κ3) is 4.05. The Morgan fingerprint density at radius 1 is 1.35 bits per heavy atom. The average Bonchev–Trinajstić information content (AvgIpc) is 2.85. The van der Waals surface area contributed by atoms with Crippen molar-refractivity contribution in [3.63, 3.8) is 0 Å². The predicted octanol–water partition coefficient (Wildman–Crippen LogP) is 3.53. The molecule has 1 aromatic carbocycles. The number of anilines is 1. The number of carbonyl (C=O) groups excluding carboxylic acids is 1. The number of hydrogen-bond donors (Lipinski definition) is 1. The van der Waals surface area contributed by atoms with E-state index in [1.54, 1.807) is 0 Å². The molecule has 0 aliphatic heterocycles. The first-order valence-electron chi connectivity index (χ1n) is 6.45. The molecular weight excluding hydrogens is 290 g/mol. The van der Waals surface area contributed by atoms with E-state index >= 15 is 0 Å². The highest BCUT2D eigenvalue weighted by atomic mass is 32.2. The van der Waals surface area contributed by atoms with Crippen LogP contribution in [0.25, 0.3) is 0 Å². The van der Waals surface area contributed by atoms with Crippen LogP contribution in [0.2, 0.25) is 0 Å². The molecule has 1 atom stereocenters. The first-order valence-corrected chi connectivity index (χ1v) is 8.14. The number of aromatic nitrogens is 2. The summed E-state index contributed by atoms with van der Waals surface area (Å²) in [6.07, 6.45) is 0.997. The largest absolute Gasteiger partial charge is 0.325 e. The smallest absolute Gasteiger partial charge is 0.237 e. The Kier molecular flexibility index (Phi) is 5.14. The molecule has 1 amide bonds. The molecule has 4 nitrogen and oxygen atoms in total. The SMILES string of the molecule is CCc1ccc(NC(=O)C(C)Sc2nnc(C)s2)cc1. The number of nitrogens with zero attached hydrogens (tertiary/aromatic N) is 2. The average molecular weight is 307 g/mol. The van der Waals surface area contributed by atoms with Gasteiger partial charge in [0.25, 0.3) is 0 Å². The van der Waals surface area contributed by atoms with Crippen molar-refractivity contribution in [2.24, 2.45) is 0 Å². The molecule has 0 aliphatic rings. The van der Waals surface area contributed by atoms with Gasteiger partial charge in [-0.25, -0.2) is 0 Å². The van der Waals surface area contributed by atoms with Crippen molar-refractivity contribution in [2.45, 2.75) is 36.8 Å². The topological polar surface area (TPSA) is 54.9 Å². The standard InChI is InChI=1S/C14H17N3OS2/c1-4-11-5-7-12(8-6-11)15-13(18)9(2)19-14-17-16-10(3)20-14/h5-9H,4H2,1-3H3,(H,15,18). The monoisotopic (exact) mass is 307 g/mol. The fourth-order valence-electron chi connectivity index (χ4n) is 1.60. The molecule has 0 aliphatic carbocycles. The fourth-order valence-corrected chi connectivity index (χ4v) is 3.56. The van der Waals surface area contributed by atoms with Crippen molar-refractivity contribution in [3.05, 3.63) is 34.8 Å². The van der Waals surface area contributed by atoms with Gasteiger partial charge in [-0.3, -0.25) is 4.79 Å². The summed E-state index contributed by atoms with van der Waals surface area (Å²) in [5.74, 6) is -0.0212. The summed E-state index contributed by atoms with van der Waals surface area (Å²) in [7, 11) is 0. The number of hydrogen-bond acceptors (Lipinski definition) is 5. The first-order chi connectivity index (χ1) is 9.58. The van der Waals surface area contributed by atoms with Crippen LogP contribution in [0.4, 0.5) is 5.69 Å². The van der Waals surface area contributed by atoms with Gasteiger partial charge in [0.2, 0.25) is 5.91 Å². The second-order valence-corrected chi connectivity index (χ2v) is 7.16. The van der Waals surface area contributed by atoms with E-state index in [9.17, 15) is 4.79 Å². The zero-order valence-corrected chi connectivity index (χ0v) is 13.3. The lowest BCUT2D eigenvalue weighted by molar-refractivity contribution is -0.115. The fraction of sp³-hybridized carbons (Fsp3) is 0.357. The highest BCUT2D eigenvalue weighted by molar-refractivity contribution is 8.02. The van der Waals surface area contributed by atoms with Gasteiger partial charge in [0.15, 0.2) is 4.34 Å². The number of thioether (sulfide) groups is 1. The summed E-state index contributed by atoms with van der Waals surface area (Å²) in [5.41, 5.74) is 2.09. The highest BCUT2D eigenvalue weighted by Gasteiger charge is 2.16. The number of nitrogens with one attached hydrogen (secondary N) is 1. The molecule has 20 heavy (non-hydrogen) atoms. The molecule has 0 radical (unpaired) electrons. The van der Waals surface area contributed by atoms with Crippen molar-refractivity contribution < 1.29 is 4.79 Å². The molecule has 0 bridgehead atoms. The van der Waals surface area contributed by atoms with Gasteiger partial charge in [0.05, 0.1) is 5.25 Å². The van der Waals surface area contributed by atoms with Crippen LogP contribution < -0.4 is 5.32 Å². The molecule has 6 heteroatoms. The molecule has 106 valence electrons. The maximum absolute atomic E-state index is 12.1. The molecule has 1 N–H and O–H groups in total. The summed E-state index contributed by atoms with van der Waals surface area (Å²) < 4.78 is 0.825. The van der Waals surface area contributed by atoms with Gasteiger partial charge in [-0.2, -0.15) is 0 Å². The first kappa shape index (κ1) is 15.0. The van der Waals surface area contributed by atoms with Crippen LogP contribution in [-0.2, 0) is 11.2 Å². The molecule has 2 aromatic rings.